The van der Waals surface area contributed by atoms with Crippen molar-refractivity contribution in [3.63, 3.8) is 0 Å². The van der Waals surface area contributed by atoms with E-state index in [1.807, 2.05) is 13.8 Å². The fraction of sp³-hybridized carbons (Fsp3) is 0.400. The van der Waals surface area contributed by atoms with Crippen LogP contribution in [-0.4, -0.2) is 33.3 Å². The van der Waals surface area contributed by atoms with Crippen LogP contribution in [0.2, 0.25) is 0 Å². The molecule has 112 valence electrons. The third-order valence-electron chi connectivity index (χ3n) is 3.62. The van der Waals surface area contributed by atoms with Gasteiger partial charge in [-0.05, 0) is 25.0 Å². The first-order valence-corrected chi connectivity index (χ1v) is 6.77. The van der Waals surface area contributed by atoms with Crippen LogP contribution >= 0.6 is 0 Å². The van der Waals surface area contributed by atoms with Crippen molar-refractivity contribution in [2.24, 2.45) is 5.92 Å². The molecule has 1 unspecified atom stereocenters. The van der Waals surface area contributed by atoms with Crippen LogP contribution in [0.4, 0.5) is 0 Å². The Balaban J connectivity index is 2.01. The Morgan fingerprint density at radius 2 is 2.05 bits per heavy atom. The van der Waals surface area contributed by atoms with Crippen LogP contribution in [0.1, 0.15) is 31.1 Å². The maximum absolute atomic E-state index is 12.0. The number of aliphatic hydroxyl groups is 1. The van der Waals surface area contributed by atoms with E-state index in [2.05, 4.69) is 20.0 Å². The molecule has 6 heteroatoms. The Morgan fingerprint density at radius 1 is 1.38 bits per heavy atom. The van der Waals surface area contributed by atoms with Gasteiger partial charge in [0.15, 0.2) is 0 Å². The molecule has 1 aromatic heterocycles. The predicted octanol–water partition coefficient (Wildman–Crippen LogP) is 1.87. The minimum absolute atomic E-state index is 0.0541. The van der Waals surface area contributed by atoms with Gasteiger partial charge in [0.05, 0.1) is 5.60 Å². The van der Waals surface area contributed by atoms with Crippen LogP contribution in [0.5, 0.6) is 0 Å². The topological polar surface area (TPSA) is 88.2 Å². The van der Waals surface area contributed by atoms with Gasteiger partial charge in [0.1, 0.15) is 0 Å². The Morgan fingerprint density at radius 3 is 2.57 bits per heavy atom. The SMILES string of the molecule is CC(C)C(C)(O)CNC(=O)c1ccc(-c2ncon2)cc1. The van der Waals surface area contributed by atoms with Crippen molar-refractivity contribution in [1.82, 2.24) is 15.5 Å². The molecule has 0 aliphatic rings. The monoisotopic (exact) mass is 289 g/mol. The van der Waals surface area contributed by atoms with Gasteiger partial charge in [-0.25, -0.2) is 0 Å². The first-order valence-electron chi connectivity index (χ1n) is 6.77. The molecule has 1 aromatic carbocycles. The number of nitrogens with one attached hydrogen (secondary N) is 1. The average molecular weight is 289 g/mol. The van der Waals surface area contributed by atoms with E-state index in [1.54, 1.807) is 31.2 Å². The van der Waals surface area contributed by atoms with E-state index >= 15 is 0 Å². The molecule has 0 saturated heterocycles. The number of hydrogen-bond donors (Lipinski definition) is 2. The lowest BCUT2D eigenvalue weighted by Crippen LogP contribution is -2.44. The molecule has 0 bridgehead atoms. The summed E-state index contributed by atoms with van der Waals surface area (Å²) in [5.41, 5.74) is 0.358. The highest BCUT2D eigenvalue weighted by Gasteiger charge is 2.25. The van der Waals surface area contributed by atoms with Gasteiger partial charge in [0.25, 0.3) is 5.91 Å². The number of carbonyl (C=O) groups excluding carboxylic acids is 1. The first-order chi connectivity index (χ1) is 9.90. The van der Waals surface area contributed by atoms with Crippen LogP contribution in [0.15, 0.2) is 35.2 Å². The molecule has 2 N–H and O–H groups in total. The molecule has 1 heterocycles. The minimum Gasteiger partial charge on any atom is -0.388 e. The molecule has 0 radical (unpaired) electrons. The van der Waals surface area contributed by atoms with Crippen molar-refractivity contribution in [3.8, 4) is 11.4 Å². The van der Waals surface area contributed by atoms with Crippen LogP contribution in [-0.2, 0) is 0 Å². The Kier molecular flexibility index (Phi) is 4.37. The normalized spacial score (nSPS) is 14.0. The van der Waals surface area contributed by atoms with Crippen LogP contribution in [0.3, 0.4) is 0 Å². The number of nitrogens with zero attached hydrogens (tertiary/aromatic N) is 2. The molecule has 1 atom stereocenters. The fourth-order valence-corrected chi connectivity index (χ4v) is 1.63. The zero-order chi connectivity index (χ0) is 15.5. The van der Waals surface area contributed by atoms with E-state index < -0.39 is 5.60 Å². The smallest absolute Gasteiger partial charge is 0.251 e. The molecule has 2 rings (SSSR count). The summed E-state index contributed by atoms with van der Waals surface area (Å²) in [5.74, 6) is 0.304. The summed E-state index contributed by atoms with van der Waals surface area (Å²) >= 11 is 0. The Bertz CT molecular complexity index is 589. The summed E-state index contributed by atoms with van der Waals surface area (Å²) < 4.78 is 4.68. The zero-order valence-electron chi connectivity index (χ0n) is 12.3. The average Bonchev–Trinajstić information content (AvgIpc) is 2.99. The molecular formula is C15H19N3O3. The maximum Gasteiger partial charge on any atom is 0.251 e. The summed E-state index contributed by atoms with van der Waals surface area (Å²) in [5, 5.41) is 16.6. The van der Waals surface area contributed by atoms with E-state index in [0.717, 1.165) is 5.56 Å². The third kappa shape index (κ3) is 3.66. The molecular weight excluding hydrogens is 270 g/mol. The van der Waals surface area contributed by atoms with Gasteiger partial charge in [-0.2, -0.15) is 4.98 Å². The van der Waals surface area contributed by atoms with Gasteiger partial charge in [0, 0.05) is 17.7 Å². The molecule has 0 aliphatic carbocycles. The molecule has 0 aliphatic heterocycles. The molecule has 1 amide bonds. The number of aromatic nitrogens is 2. The van der Waals surface area contributed by atoms with Gasteiger partial charge >= 0.3 is 0 Å². The molecule has 0 spiro atoms. The van der Waals surface area contributed by atoms with E-state index in [1.165, 1.54) is 6.39 Å². The molecule has 0 fully saturated rings. The minimum atomic E-state index is -0.930. The maximum atomic E-state index is 12.0. The molecule has 6 nitrogen and oxygen atoms in total. The highest BCUT2D eigenvalue weighted by Crippen LogP contribution is 2.16. The predicted molar refractivity (Wildman–Crippen MR) is 77.5 cm³/mol. The van der Waals surface area contributed by atoms with Gasteiger partial charge in [-0.3, -0.25) is 4.79 Å². The lowest BCUT2D eigenvalue weighted by atomic mass is 9.92. The zero-order valence-corrected chi connectivity index (χ0v) is 12.3. The van der Waals surface area contributed by atoms with Crippen molar-refractivity contribution in [2.75, 3.05) is 6.54 Å². The highest BCUT2D eigenvalue weighted by atomic mass is 16.5. The summed E-state index contributed by atoms with van der Waals surface area (Å²) in [6.45, 7) is 5.73. The first kappa shape index (κ1) is 15.2. The second-order valence-electron chi connectivity index (χ2n) is 5.53. The van der Waals surface area contributed by atoms with Gasteiger partial charge in [0.2, 0.25) is 12.2 Å². The highest BCUT2D eigenvalue weighted by molar-refractivity contribution is 5.94. The number of benzene rings is 1. The Hall–Kier alpha value is -2.21. The standard InChI is InChI=1S/C15H19N3O3/c1-10(2)15(3,20)8-16-14(19)12-6-4-11(5-7-12)13-17-9-21-18-13/h4-7,9-10,20H,8H2,1-3H3,(H,16,19). The third-order valence-corrected chi connectivity index (χ3v) is 3.62. The second kappa shape index (κ2) is 6.05. The number of rotatable bonds is 5. The molecule has 21 heavy (non-hydrogen) atoms. The lowest BCUT2D eigenvalue weighted by Gasteiger charge is -2.27. The van der Waals surface area contributed by atoms with Crippen LogP contribution in [0, 0.1) is 5.92 Å². The number of hydrogen-bond acceptors (Lipinski definition) is 5. The van der Waals surface area contributed by atoms with Gasteiger partial charge in [-0.1, -0.05) is 31.1 Å². The van der Waals surface area contributed by atoms with Crippen molar-refractivity contribution < 1.29 is 14.4 Å². The van der Waals surface area contributed by atoms with Crippen LogP contribution < -0.4 is 5.32 Å². The number of amides is 1. The number of carbonyl (C=O) groups is 1. The molecule has 2 aromatic rings. The van der Waals surface area contributed by atoms with Crippen molar-refractivity contribution in [3.05, 3.63) is 36.2 Å². The summed E-state index contributed by atoms with van der Waals surface area (Å²) in [6.07, 6.45) is 1.25. The van der Waals surface area contributed by atoms with E-state index in [-0.39, 0.29) is 18.4 Å². The van der Waals surface area contributed by atoms with Crippen molar-refractivity contribution in [2.45, 2.75) is 26.4 Å². The largest absolute Gasteiger partial charge is 0.388 e. The quantitative estimate of drug-likeness (QED) is 0.877. The molecule has 0 saturated carbocycles. The second-order valence-corrected chi connectivity index (χ2v) is 5.53. The summed E-state index contributed by atoms with van der Waals surface area (Å²) in [7, 11) is 0. The Labute approximate surface area is 123 Å². The van der Waals surface area contributed by atoms with E-state index in [0.29, 0.717) is 11.4 Å². The van der Waals surface area contributed by atoms with Crippen molar-refractivity contribution in [1.29, 1.82) is 0 Å². The van der Waals surface area contributed by atoms with E-state index in [9.17, 15) is 9.90 Å². The van der Waals surface area contributed by atoms with Gasteiger partial charge < -0.3 is 14.9 Å². The van der Waals surface area contributed by atoms with E-state index in [4.69, 9.17) is 0 Å². The summed E-state index contributed by atoms with van der Waals surface area (Å²) in [4.78, 5) is 16.0. The van der Waals surface area contributed by atoms with Crippen molar-refractivity contribution >= 4 is 5.91 Å². The van der Waals surface area contributed by atoms with Gasteiger partial charge in [-0.15, -0.1) is 0 Å². The summed E-state index contributed by atoms with van der Waals surface area (Å²) in [6, 6.07) is 6.87. The fourth-order valence-electron chi connectivity index (χ4n) is 1.63. The van der Waals surface area contributed by atoms with Crippen LogP contribution in [0.25, 0.3) is 11.4 Å². The lowest BCUT2D eigenvalue weighted by molar-refractivity contribution is 0.0142.